The molecule has 0 spiro atoms. The molecule has 54 valence electrons. The van der Waals surface area contributed by atoms with E-state index >= 15 is 0 Å². The van der Waals surface area contributed by atoms with Gasteiger partial charge in [-0.05, 0) is 0 Å². The Morgan fingerprint density at radius 1 is 1.27 bits per heavy atom. The van der Waals surface area contributed by atoms with Crippen LogP contribution in [0.3, 0.4) is 0 Å². The normalized spacial score (nSPS) is 9.91. The average molecular weight is 353 g/mol. The summed E-state index contributed by atoms with van der Waals surface area (Å²) in [4.78, 5) is 0. The van der Waals surface area contributed by atoms with Gasteiger partial charge in [0.05, 0.1) is 0 Å². The molecule has 0 aromatic heterocycles. The summed E-state index contributed by atoms with van der Waals surface area (Å²) in [6.45, 7) is 0. The molecule has 0 saturated carbocycles. The fraction of sp³-hybridized carbons (Fsp3) is 0.111. The van der Waals surface area contributed by atoms with Crippen molar-refractivity contribution < 1.29 is 23.3 Å². The summed E-state index contributed by atoms with van der Waals surface area (Å²) in [7, 11) is 5.74. The molecule has 0 N–H and O–H groups in total. The molecule has 0 radical (unpaired) electrons. The zero-order valence-corrected chi connectivity index (χ0v) is 12.6. The predicted octanol–water partition coefficient (Wildman–Crippen LogP) is 3.35. The fourth-order valence-electron chi connectivity index (χ4n) is 0.847. The summed E-state index contributed by atoms with van der Waals surface area (Å²) in [5, 5.41) is 0. The van der Waals surface area contributed by atoms with Crippen LogP contribution in [-0.2, 0) is 23.3 Å². The van der Waals surface area contributed by atoms with Crippen LogP contribution >= 0.6 is 8.25 Å². The third kappa shape index (κ3) is 3.93. The van der Waals surface area contributed by atoms with E-state index in [1.165, 1.54) is 5.56 Å². The van der Waals surface area contributed by atoms with E-state index in [2.05, 4.69) is 24.3 Å². The summed E-state index contributed by atoms with van der Waals surface area (Å²) in [6.07, 6.45) is 4.33. The molecule has 2 heteroatoms. The quantitative estimate of drug-likeness (QED) is 0.731. The first kappa shape index (κ1) is 9.27. The number of allylic oxidation sites excluding steroid dienone is 1. The molecule has 0 aliphatic heterocycles. The Kier molecular flexibility index (Phi) is 4.88. The second-order valence-electron chi connectivity index (χ2n) is 2.29. The third-order valence-corrected chi connectivity index (χ3v) is 5.44. The Balaban J connectivity index is 2.50. The molecule has 0 nitrogen and oxygen atoms in total. The van der Waals surface area contributed by atoms with E-state index < -0.39 is 23.3 Å². The zero-order chi connectivity index (χ0) is 7.94. The van der Waals surface area contributed by atoms with E-state index in [1.807, 2.05) is 18.2 Å². The average Bonchev–Trinajstić information content (AvgIpc) is 2.07. The topological polar surface area (TPSA) is 0 Å². The summed E-state index contributed by atoms with van der Waals surface area (Å²) in [5.41, 5.74) is 1.27. The minimum atomic E-state index is -0.925. The van der Waals surface area contributed by atoms with E-state index in [4.69, 9.17) is 8.25 Å². The molecule has 0 unspecified atom stereocenters. The van der Waals surface area contributed by atoms with Crippen LogP contribution in [0.25, 0.3) is 6.08 Å². The molecule has 11 heavy (non-hydrogen) atoms. The zero-order valence-electron chi connectivity index (χ0n) is 6.33. The van der Waals surface area contributed by atoms with E-state index in [1.54, 1.807) is 0 Å². The van der Waals surface area contributed by atoms with Gasteiger partial charge in [-0.15, -0.1) is 0 Å². The molecular weight excluding hydrogens is 344 g/mol. The molecule has 0 atom stereocenters. The van der Waals surface area contributed by atoms with Crippen LogP contribution in [0.5, 0.6) is 0 Å². The molecule has 1 aromatic rings. The second kappa shape index (κ2) is 5.79. The first-order valence-corrected chi connectivity index (χ1v) is 14.4. The summed E-state index contributed by atoms with van der Waals surface area (Å²) >= 11 is -0.925. The molecule has 1 rings (SSSR count). The molecule has 0 bridgehead atoms. The van der Waals surface area contributed by atoms with E-state index in [0.717, 1.165) is 3.93 Å². The summed E-state index contributed by atoms with van der Waals surface area (Å²) < 4.78 is 1.16. The van der Waals surface area contributed by atoms with Gasteiger partial charge < -0.3 is 0 Å². The van der Waals surface area contributed by atoms with Crippen LogP contribution in [0.4, 0.5) is 0 Å². The van der Waals surface area contributed by atoms with Gasteiger partial charge in [0.15, 0.2) is 0 Å². The molecule has 0 amide bonds. The third-order valence-electron chi connectivity index (χ3n) is 1.39. The van der Waals surface area contributed by atoms with Crippen LogP contribution in [-0.4, -0.2) is 0 Å². The van der Waals surface area contributed by atoms with Crippen molar-refractivity contribution in [2.45, 2.75) is 3.93 Å². The maximum absolute atomic E-state index is 5.74. The molecule has 0 heterocycles. The van der Waals surface area contributed by atoms with Crippen molar-refractivity contribution in [2.75, 3.05) is 0 Å². The Morgan fingerprint density at radius 3 is 2.64 bits per heavy atom. The molecule has 0 aliphatic carbocycles. The van der Waals surface area contributed by atoms with E-state index in [-0.39, 0.29) is 0 Å². The predicted molar refractivity (Wildman–Crippen MR) is 46.1 cm³/mol. The summed E-state index contributed by atoms with van der Waals surface area (Å²) in [5.74, 6) is 0. The number of halogens is 1. The SMILES string of the molecule is [Cl][Hg][CH2]/C=C/c1ccccc1. The van der Waals surface area contributed by atoms with Crippen molar-refractivity contribution in [1.29, 1.82) is 0 Å². The van der Waals surface area contributed by atoms with Gasteiger partial charge in [0, 0.05) is 0 Å². The second-order valence-corrected chi connectivity index (χ2v) is 9.32. The maximum atomic E-state index is 5.74. The first-order chi connectivity index (χ1) is 5.43. The Hall–Kier alpha value is 0.185. The van der Waals surface area contributed by atoms with E-state index in [0.29, 0.717) is 0 Å². The minimum absolute atomic E-state index is 0.925. The van der Waals surface area contributed by atoms with Gasteiger partial charge in [-0.3, -0.25) is 0 Å². The molecule has 0 aliphatic rings. The first-order valence-electron chi connectivity index (χ1n) is 3.71. The molecule has 1 aromatic carbocycles. The van der Waals surface area contributed by atoms with Crippen molar-refractivity contribution in [3.8, 4) is 0 Å². The van der Waals surface area contributed by atoms with E-state index in [9.17, 15) is 0 Å². The molecule has 0 fully saturated rings. The van der Waals surface area contributed by atoms with Crippen molar-refractivity contribution in [2.24, 2.45) is 0 Å². The van der Waals surface area contributed by atoms with Crippen LogP contribution in [0.2, 0.25) is 3.93 Å². The van der Waals surface area contributed by atoms with Gasteiger partial charge >= 0.3 is 83.6 Å². The molecular formula is C9H9ClHg. The number of benzene rings is 1. The Labute approximate surface area is 83.1 Å². The van der Waals surface area contributed by atoms with Gasteiger partial charge in [0.25, 0.3) is 0 Å². The summed E-state index contributed by atoms with van der Waals surface area (Å²) in [6, 6.07) is 10.3. The van der Waals surface area contributed by atoms with Crippen LogP contribution in [0, 0.1) is 0 Å². The van der Waals surface area contributed by atoms with Crippen molar-refractivity contribution in [3.63, 3.8) is 0 Å². The standard InChI is InChI=1S/C9H9.ClH.Hg/c1-2-6-9-7-4-3-5-8-9;;/h2-8H,1H2;1H;/q;;+1/p-1/b6-2+;;. The number of hydrogen-bond acceptors (Lipinski definition) is 0. The van der Waals surface area contributed by atoms with Crippen molar-refractivity contribution in [3.05, 3.63) is 42.0 Å². The van der Waals surface area contributed by atoms with Crippen LogP contribution in [0.1, 0.15) is 5.56 Å². The molecule has 0 saturated heterocycles. The Morgan fingerprint density at radius 2 is 2.00 bits per heavy atom. The van der Waals surface area contributed by atoms with Crippen molar-refractivity contribution in [1.82, 2.24) is 0 Å². The van der Waals surface area contributed by atoms with Crippen molar-refractivity contribution >= 4 is 14.3 Å². The van der Waals surface area contributed by atoms with Crippen LogP contribution in [0.15, 0.2) is 36.4 Å². The monoisotopic (exact) mass is 354 g/mol. The van der Waals surface area contributed by atoms with Gasteiger partial charge in [-0.25, -0.2) is 0 Å². The van der Waals surface area contributed by atoms with Gasteiger partial charge in [0.1, 0.15) is 0 Å². The van der Waals surface area contributed by atoms with Gasteiger partial charge in [-0.2, -0.15) is 0 Å². The number of hydrogen-bond donors (Lipinski definition) is 0. The van der Waals surface area contributed by atoms with Gasteiger partial charge in [0.2, 0.25) is 0 Å². The Bertz CT molecular complexity index is 218. The fourth-order valence-corrected chi connectivity index (χ4v) is 3.09. The van der Waals surface area contributed by atoms with Crippen LogP contribution < -0.4 is 0 Å². The van der Waals surface area contributed by atoms with Gasteiger partial charge in [-0.1, -0.05) is 0 Å². The number of rotatable bonds is 3.